The molecule has 0 aromatic heterocycles. The van der Waals surface area contributed by atoms with E-state index in [1.807, 2.05) is 20.8 Å². The number of fused-ring (bicyclic) bond motifs is 3. The molecule has 0 spiro atoms. The fourth-order valence-corrected chi connectivity index (χ4v) is 4.61. The quantitative estimate of drug-likeness (QED) is 0.678. The number of ketones is 1. The lowest BCUT2D eigenvalue weighted by atomic mass is 9.65. The molecule has 4 heteroatoms. The summed E-state index contributed by atoms with van der Waals surface area (Å²) >= 11 is 0. The third-order valence-corrected chi connectivity index (χ3v) is 6.18. The highest BCUT2D eigenvalue weighted by atomic mass is 16.6. The molecular formula is C15H22O4. The molecule has 1 aliphatic heterocycles. The number of rotatable bonds is 0. The van der Waals surface area contributed by atoms with Gasteiger partial charge < -0.3 is 9.84 Å². The molecule has 2 aliphatic carbocycles. The number of hydrogen-bond donors (Lipinski definition) is 1. The first-order chi connectivity index (χ1) is 8.82. The zero-order valence-electron chi connectivity index (χ0n) is 11.8. The smallest absolute Gasteiger partial charge is 0.309 e. The summed E-state index contributed by atoms with van der Waals surface area (Å²) in [7, 11) is 0. The Kier molecular flexibility index (Phi) is 2.63. The van der Waals surface area contributed by atoms with Crippen LogP contribution in [0.2, 0.25) is 0 Å². The molecule has 19 heavy (non-hydrogen) atoms. The van der Waals surface area contributed by atoms with Crippen molar-refractivity contribution in [2.24, 2.45) is 23.2 Å². The molecule has 2 saturated carbocycles. The molecule has 3 aliphatic rings. The molecule has 0 radical (unpaired) electrons. The van der Waals surface area contributed by atoms with Crippen molar-refractivity contribution in [2.75, 3.05) is 0 Å². The maximum atomic E-state index is 12.4. The Morgan fingerprint density at radius 2 is 1.95 bits per heavy atom. The maximum absolute atomic E-state index is 12.4. The van der Waals surface area contributed by atoms with E-state index in [1.165, 1.54) is 0 Å². The molecule has 0 aromatic carbocycles. The molecule has 3 rings (SSSR count). The minimum absolute atomic E-state index is 0.0562. The summed E-state index contributed by atoms with van der Waals surface area (Å²) in [6.07, 6.45) is 2.15. The van der Waals surface area contributed by atoms with Crippen molar-refractivity contribution in [1.29, 1.82) is 0 Å². The van der Waals surface area contributed by atoms with E-state index >= 15 is 0 Å². The predicted molar refractivity (Wildman–Crippen MR) is 68.2 cm³/mol. The number of ether oxygens (including phenoxy) is 1. The highest BCUT2D eigenvalue weighted by Crippen LogP contribution is 2.58. The molecule has 6 atom stereocenters. The Morgan fingerprint density at radius 3 is 2.63 bits per heavy atom. The highest BCUT2D eigenvalue weighted by Gasteiger charge is 2.68. The van der Waals surface area contributed by atoms with E-state index in [1.54, 1.807) is 0 Å². The first-order valence-corrected chi connectivity index (χ1v) is 7.28. The summed E-state index contributed by atoms with van der Waals surface area (Å²) in [5.74, 6) is -0.185. The SMILES string of the molecule is C[C@@H]1C(=O)O[C@@H]2[C@H]1CC[C@H](C)[C@]1(O)CCC(=O)[C@@]21C. The van der Waals surface area contributed by atoms with Gasteiger partial charge in [0.05, 0.1) is 16.9 Å². The van der Waals surface area contributed by atoms with Crippen molar-refractivity contribution in [3.05, 3.63) is 0 Å². The number of Topliss-reactive ketones (excluding diaryl/α,β-unsaturated/α-hetero) is 1. The summed E-state index contributed by atoms with van der Waals surface area (Å²) in [5, 5.41) is 11.1. The average molecular weight is 266 g/mol. The van der Waals surface area contributed by atoms with Crippen LogP contribution < -0.4 is 0 Å². The topological polar surface area (TPSA) is 63.6 Å². The Bertz CT molecular complexity index is 445. The Balaban J connectivity index is 2.11. The molecule has 0 aromatic rings. The van der Waals surface area contributed by atoms with Crippen LogP contribution in [-0.4, -0.2) is 28.6 Å². The Morgan fingerprint density at radius 1 is 1.26 bits per heavy atom. The van der Waals surface area contributed by atoms with Gasteiger partial charge in [-0.05, 0) is 32.1 Å². The summed E-state index contributed by atoms with van der Waals surface area (Å²) < 4.78 is 5.54. The van der Waals surface area contributed by atoms with E-state index in [2.05, 4.69) is 0 Å². The van der Waals surface area contributed by atoms with Gasteiger partial charge >= 0.3 is 5.97 Å². The Labute approximate surface area is 113 Å². The van der Waals surface area contributed by atoms with E-state index in [-0.39, 0.29) is 29.5 Å². The van der Waals surface area contributed by atoms with Crippen LogP contribution in [0, 0.1) is 23.2 Å². The zero-order chi connectivity index (χ0) is 14.0. The number of carbonyl (C=O) groups is 2. The van der Waals surface area contributed by atoms with Crippen molar-refractivity contribution in [2.45, 2.75) is 58.2 Å². The fourth-order valence-electron chi connectivity index (χ4n) is 4.61. The standard InChI is InChI=1S/C15H22O4/c1-8-4-5-10-9(2)13(17)19-12(10)14(3)11(16)6-7-15(8,14)18/h8-10,12,18H,4-7H2,1-3H3/t8-,9-,10-,12+,14-,15+/m0/s1. The van der Waals surface area contributed by atoms with Crippen LogP contribution in [0.1, 0.15) is 46.5 Å². The normalized spacial score (nSPS) is 53.5. The van der Waals surface area contributed by atoms with E-state index in [4.69, 9.17) is 4.74 Å². The van der Waals surface area contributed by atoms with E-state index < -0.39 is 17.1 Å². The van der Waals surface area contributed by atoms with Gasteiger partial charge in [-0.2, -0.15) is 0 Å². The molecule has 0 amide bonds. The van der Waals surface area contributed by atoms with Crippen LogP contribution in [0.15, 0.2) is 0 Å². The Hall–Kier alpha value is -0.900. The molecule has 3 fully saturated rings. The fraction of sp³-hybridized carbons (Fsp3) is 0.867. The van der Waals surface area contributed by atoms with Gasteiger partial charge in [0.15, 0.2) is 0 Å². The first kappa shape index (κ1) is 13.1. The molecule has 0 unspecified atom stereocenters. The predicted octanol–water partition coefficient (Wildman–Crippen LogP) is 1.69. The van der Waals surface area contributed by atoms with Crippen LogP contribution in [0.4, 0.5) is 0 Å². The molecule has 106 valence electrons. The van der Waals surface area contributed by atoms with Gasteiger partial charge in [0.25, 0.3) is 0 Å². The van der Waals surface area contributed by atoms with Crippen LogP contribution in [0.3, 0.4) is 0 Å². The monoisotopic (exact) mass is 266 g/mol. The number of carbonyl (C=O) groups excluding carboxylic acids is 2. The second-order valence-corrected chi connectivity index (χ2v) is 6.84. The largest absolute Gasteiger partial charge is 0.461 e. The highest BCUT2D eigenvalue weighted by molar-refractivity contribution is 5.90. The second kappa shape index (κ2) is 3.81. The van der Waals surface area contributed by atoms with E-state index in [0.717, 1.165) is 12.8 Å². The average Bonchev–Trinajstić information content (AvgIpc) is 2.76. The molecule has 1 N–H and O–H groups in total. The molecule has 1 saturated heterocycles. The van der Waals surface area contributed by atoms with Gasteiger partial charge in [-0.3, -0.25) is 9.59 Å². The van der Waals surface area contributed by atoms with Gasteiger partial charge in [-0.25, -0.2) is 0 Å². The molecule has 4 nitrogen and oxygen atoms in total. The summed E-state index contributed by atoms with van der Waals surface area (Å²) in [5.41, 5.74) is -1.94. The van der Waals surface area contributed by atoms with Crippen LogP contribution >= 0.6 is 0 Å². The lowest BCUT2D eigenvalue weighted by Crippen LogP contribution is -2.56. The van der Waals surface area contributed by atoms with Gasteiger partial charge in [0.1, 0.15) is 11.9 Å². The maximum Gasteiger partial charge on any atom is 0.309 e. The second-order valence-electron chi connectivity index (χ2n) is 6.84. The molecule has 0 bridgehead atoms. The van der Waals surface area contributed by atoms with Crippen molar-refractivity contribution < 1.29 is 19.4 Å². The van der Waals surface area contributed by atoms with Crippen molar-refractivity contribution in [3.8, 4) is 0 Å². The van der Waals surface area contributed by atoms with Crippen LogP contribution in [0.25, 0.3) is 0 Å². The van der Waals surface area contributed by atoms with Gasteiger partial charge in [-0.1, -0.05) is 13.8 Å². The number of aliphatic hydroxyl groups is 1. The summed E-state index contributed by atoms with van der Waals surface area (Å²) in [4.78, 5) is 24.3. The number of esters is 1. The van der Waals surface area contributed by atoms with E-state index in [9.17, 15) is 14.7 Å². The summed E-state index contributed by atoms with van der Waals surface area (Å²) in [6.45, 7) is 5.71. The van der Waals surface area contributed by atoms with Gasteiger partial charge in [-0.15, -0.1) is 0 Å². The van der Waals surface area contributed by atoms with E-state index in [0.29, 0.717) is 12.8 Å². The third kappa shape index (κ3) is 1.38. The summed E-state index contributed by atoms with van der Waals surface area (Å²) in [6, 6.07) is 0. The van der Waals surface area contributed by atoms with Crippen LogP contribution in [-0.2, 0) is 14.3 Å². The van der Waals surface area contributed by atoms with Crippen molar-refractivity contribution >= 4 is 11.8 Å². The van der Waals surface area contributed by atoms with Crippen molar-refractivity contribution in [1.82, 2.24) is 0 Å². The minimum Gasteiger partial charge on any atom is -0.461 e. The third-order valence-electron chi connectivity index (χ3n) is 6.18. The first-order valence-electron chi connectivity index (χ1n) is 7.28. The minimum atomic E-state index is -1.02. The zero-order valence-corrected chi connectivity index (χ0v) is 11.8. The number of hydrogen-bond acceptors (Lipinski definition) is 4. The molecular weight excluding hydrogens is 244 g/mol. The van der Waals surface area contributed by atoms with Crippen molar-refractivity contribution in [3.63, 3.8) is 0 Å². The lowest BCUT2D eigenvalue weighted by Gasteiger charge is -2.44. The van der Waals surface area contributed by atoms with Gasteiger partial charge in [0.2, 0.25) is 0 Å². The van der Waals surface area contributed by atoms with Gasteiger partial charge in [0, 0.05) is 12.3 Å². The van der Waals surface area contributed by atoms with Crippen LogP contribution in [0.5, 0.6) is 0 Å². The lowest BCUT2D eigenvalue weighted by molar-refractivity contribution is -0.171. The molecule has 1 heterocycles.